The predicted molar refractivity (Wildman–Crippen MR) is 50.7 cm³/mol. The second kappa shape index (κ2) is 2.37. The standard InChI is InChI=1S/C12H18/c1-2-8-6-9-7-12(8)11-5-3-4-10(9)11/h2,8-12H,1,3-7H2. The molecule has 0 heteroatoms. The van der Waals surface area contributed by atoms with Crippen molar-refractivity contribution in [1.82, 2.24) is 0 Å². The summed E-state index contributed by atoms with van der Waals surface area (Å²) < 4.78 is 0. The van der Waals surface area contributed by atoms with Gasteiger partial charge in [0.2, 0.25) is 0 Å². The topological polar surface area (TPSA) is 0 Å². The second-order valence-electron chi connectivity index (χ2n) is 5.05. The average Bonchev–Trinajstić information content (AvgIpc) is 2.75. The van der Waals surface area contributed by atoms with Gasteiger partial charge in [-0.05, 0) is 55.3 Å². The number of fused-ring (bicyclic) bond motifs is 5. The Kier molecular flexibility index (Phi) is 1.42. The summed E-state index contributed by atoms with van der Waals surface area (Å²) in [6.45, 7) is 3.98. The van der Waals surface area contributed by atoms with Gasteiger partial charge in [-0.15, -0.1) is 6.58 Å². The third kappa shape index (κ3) is 0.739. The van der Waals surface area contributed by atoms with Gasteiger partial charge in [-0.25, -0.2) is 0 Å². The summed E-state index contributed by atoms with van der Waals surface area (Å²) in [6, 6.07) is 0. The first-order valence-corrected chi connectivity index (χ1v) is 5.52. The first-order chi connectivity index (χ1) is 5.90. The van der Waals surface area contributed by atoms with Gasteiger partial charge in [0.05, 0.1) is 0 Å². The Hall–Kier alpha value is -0.260. The lowest BCUT2D eigenvalue weighted by Gasteiger charge is -2.29. The molecule has 0 saturated heterocycles. The van der Waals surface area contributed by atoms with Crippen LogP contribution in [0.5, 0.6) is 0 Å². The molecule has 2 bridgehead atoms. The maximum absolute atomic E-state index is 3.98. The van der Waals surface area contributed by atoms with Crippen molar-refractivity contribution < 1.29 is 0 Å². The lowest BCUT2D eigenvalue weighted by Crippen LogP contribution is -2.22. The molecule has 3 saturated carbocycles. The SMILES string of the molecule is C=CC1CC2CC1C1CCCC21. The molecule has 0 amide bonds. The van der Waals surface area contributed by atoms with Gasteiger partial charge in [-0.2, -0.15) is 0 Å². The maximum Gasteiger partial charge on any atom is -0.0202 e. The summed E-state index contributed by atoms with van der Waals surface area (Å²) in [5.74, 6) is 5.32. The van der Waals surface area contributed by atoms with Crippen LogP contribution in [0.25, 0.3) is 0 Å². The first-order valence-electron chi connectivity index (χ1n) is 5.52. The Morgan fingerprint density at radius 1 is 1.00 bits per heavy atom. The minimum Gasteiger partial charge on any atom is -0.103 e. The molecule has 0 nitrogen and oxygen atoms in total. The van der Waals surface area contributed by atoms with E-state index in [0.717, 1.165) is 29.6 Å². The third-order valence-corrected chi connectivity index (χ3v) is 4.78. The van der Waals surface area contributed by atoms with Gasteiger partial charge in [0.15, 0.2) is 0 Å². The summed E-state index contributed by atoms with van der Waals surface area (Å²) >= 11 is 0. The molecule has 0 spiro atoms. The lowest BCUT2D eigenvalue weighted by atomic mass is 9.76. The van der Waals surface area contributed by atoms with Gasteiger partial charge < -0.3 is 0 Å². The summed E-state index contributed by atoms with van der Waals surface area (Å²) in [4.78, 5) is 0. The van der Waals surface area contributed by atoms with Crippen molar-refractivity contribution in [2.24, 2.45) is 29.6 Å². The van der Waals surface area contributed by atoms with E-state index < -0.39 is 0 Å². The van der Waals surface area contributed by atoms with Crippen LogP contribution in [0.2, 0.25) is 0 Å². The average molecular weight is 162 g/mol. The number of hydrogen-bond acceptors (Lipinski definition) is 0. The molecule has 0 radical (unpaired) electrons. The lowest BCUT2D eigenvalue weighted by molar-refractivity contribution is 0.218. The second-order valence-corrected chi connectivity index (χ2v) is 5.05. The van der Waals surface area contributed by atoms with E-state index >= 15 is 0 Å². The van der Waals surface area contributed by atoms with E-state index in [9.17, 15) is 0 Å². The van der Waals surface area contributed by atoms with Gasteiger partial charge in [0.25, 0.3) is 0 Å². The van der Waals surface area contributed by atoms with E-state index in [2.05, 4.69) is 12.7 Å². The Morgan fingerprint density at radius 2 is 1.83 bits per heavy atom. The molecule has 0 aromatic carbocycles. The highest BCUT2D eigenvalue weighted by molar-refractivity contribution is 5.06. The molecule has 5 atom stereocenters. The fourth-order valence-corrected chi connectivity index (χ4v) is 4.39. The van der Waals surface area contributed by atoms with Crippen molar-refractivity contribution in [2.75, 3.05) is 0 Å². The van der Waals surface area contributed by atoms with Gasteiger partial charge in [-0.3, -0.25) is 0 Å². The van der Waals surface area contributed by atoms with E-state index in [1.807, 2.05) is 0 Å². The Morgan fingerprint density at radius 3 is 2.67 bits per heavy atom. The fraction of sp³-hybridized carbons (Fsp3) is 0.833. The molecule has 0 aromatic heterocycles. The molecule has 0 N–H and O–H groups in total. The zero-order valence-corrected chi connectivity index (χ0v) is 7.71. The van der Waals surface area contributed by atoms with Gasteiger partial charge in [0, 0.05) is 0 Å². The van der Waals surface area contributed by atoms with Crippen molar-refractivity contribution in [2.45, 2.75) is 32.1 Å². The van der Waals surface area contributed by atoms with E-state index in [-0.39, 0.29) is 0 Å². The normalized spacial score (nSPS) is 55.8. The number of rotatable bonds is 1. The van der Waals surface area contributed by atoms with E-state index in [1.54, 1.807) is 12.8 Å². The molecule has 3 rings (SSSR count). The number of allylic oxidation sites excluding steroid dienone is 1. The third-order valence-electron chi connectivity index (χ3n) is 4.78. The van der Waals surface area contributed by atoms with Crippen molar-refractivity contribution in [1.29, 1.82) is 0 Å². The summed E-state index contributed by atoms with van der Waals surface area (Å²) in [7, 11) is 0. The molecule has 0 heterocycles. The van der Waals surface area contributed by atoms with E-state index in [0.29, 0.717) is 0 Å². The highest BCUT2D eigenvalue weighted by atomic mass is 14.6. The Balaban J connectivity index is 1.87. The smallest absolute Gasteiger partial charge is 0.0202 e. The molecule has 0 aliphatic heterocycles. The zero-order valence-electron chi connectivity index (χ0n) is 7.71. The van der Waals surface area contributed by atoms with Gasteiger partial charge >= 0.3 is 0 Å². The zero-order chi connectivity index (χ0) is 8.13. The summed E-state index contributed by atoms with van der Waals surface area (Å²) in [6.07, 6.45) is 9.87. The van der Waals surface area contributed by atoms with E-state index in [4.69, 9.17) is 0 Å². The first kappa shape index (κ1) is 7.17. The summed E-state index contributed by atoms with van der Waals surface area (Å²) in [5, 5.41) is 0. The van der Waals surface area contributed by atoms with Crippen LogP contribution < -0.4 is 0 Å². The molecule has 3 fully saturated rings. The Bertz CT molecular complexity index is 206. The largest absolute Gasteiger partial charge is 0.103 e. The highest BCUT2D eigenvalue weighted by Crippen LogP contribution is 2.61. The summed E-state index contributed by atoms with van der Waals surface area (Å²) in [5.41, 5.74) is 0. The predicted octanol–water partition coefficient (Wildman–Crippen LogP) is 3.24. The molecule has 0 aromatic rings. The monoisotopic (exact) mass is 162 g/mol. The van der Waals surface area contributed by atoms with Crippen molar-refractivity contribution in [3.05, 3.63) is 12.7 Å². The van der Waals surface area contributed by atoms with Crippen LogP contribution in [0.15, 0.2) is 12.7 Å². The van der Waals surface area contributed by atoms with Crippen LogP contribution in [0, 0.1) is 29.6 Å². The molecule has 3 aliphatic carbocycles. The fourth-order valence-electron chi connectivity index (χ4n) is 4.39. The molecular formula is C12H18. The molecular weight excluding hydrogens is 144 g/mol. The molecule has 66 valence electrons. The van der Waals surface area contributed by atoms with Crippen molar-refractivity contribution in [3.8, 4) is 0 Å². The van der Waals surface area contributed by atoms with Crippen LogP contribution in [-0.4, -0.2) is 0 Å². The quantitative estimate of drug-likeness (QED) is 0.519. The van der Waals surface area contributed by atoms with Crippen LogP contribution in [0.3, 0.4) is 0 Å². The molecule has 5 unspecified atom stereocenters. The van der Waals surface area contributed by atoms with Crippen LogP contribution in [0.1, 0.15) is 32.1 Å². The van der Waals surface area contributed by atoms with Crippen molar-refractivity contribution >= 4 is 0 Å². The van der Waals surface area contributed by atoms with E-state index in [1.165, 1.54) is 19.3 Å². The van der Waals surface area contributed by atoms with Crippen LogP contribution >= 0.6 is 0 Å². The van der Waals surface area contributed by atoms with Gasteiger partial charge in [-0.1, -0.05) is 12.5 Å². The number of hydrogen-bond donors (Lipinski definition) is 0. The minimum atomic E-state index is 0.898. The van der Waals surface area contributed by atoms with Crippen molar-refractivity contribution in [3.63, 3.8) is 0 Å². The Labute approximate surface area is 75.0 Å². The minimum absolute atomic E-state index is 0.898. The van der Waals surface area contributed by atoms with Crippen LogP contribution in [-0.2, 0) is 0 Å². The molecule has 3 aliphatic rings. The highest BCUT2D eigenvalue weighted by Gasteiger charge is 2.52. The van der Waals surface area contributed by atoms with Crippen LogP contribution in [0.4, 0.5) is 0 Å². The molecule has 12 heavy (non-hydrogen) atoms. The maximum atomic E-state index is 3.98. The van der Waals surface area contributed by atoms with Gasteiger partial charge in [0.1, 0.15) is 0 Å².